The lowest BCUT2D eigenvalue weighted by atomic mass is 10.0. The largest absolute Gasteiger partial charge is 0.493 e. The summed E-state index contributed by atoms with van der Waals surface area (Å²) in [5, 5.41) is 0. The lowest BCUT2D eigenvalue weighted by Gasteiger charge is -2.19. The number of rotatable bonds is 38. The summed E-state index contributed by atoms with van der Waals surface area (Å²) >= 11 is 0. The molecule has 4 atom stereocenters. The van der Waals surface area contributed by atoms with Gasteiger partial charge in [-0.2, -0.15) is 0 Å². The van der Waals surface area contributed by atoms with E-state index in [4.69, 9.17) is 56.8 Å². The summed E-state index contributed by atoms with van der Waals surface area (Å²) in [6.07, 6.45) is 27.8. The summed E-state index contributed by atoms with van der Waals surface area (Å²) in [5.41, 5.74) is 12.9. The van der Waals surface area contributed by atoms with Gasteiger partial charge in [0, 0.05) is 0 Å². The minimum atomic E-state index is 0.0581. The van der Waals surface area contributed by atoms with E-state index < -0.39 is 0 Å². The van der Waals surface area contributed by atoms with Crippen LogP contribution in [-0.4, -0.2) is 82.3 Å². The van der Waals surface area contributed by atoms with Crippen LogP contribution < -0.4 is 56.8 Å². The van der Waals surface area contributed by atoms with Crippen LogP contribution >= 0.6 is 0 Å². The van der Waals surface area contributed by atoms with Crippen LogP contribution in [0.1, 0.15) is 164 Å². The topological polar surface area (TPSA) is 111 Å². The van der Waals surface area contributed by atoms with E-state index in [1.165, 1.54) is 25.7 Å². The molecule has 0 saturated heterocycles. The fourth-order valence-electron chi connectivity index (χ4n) is 11.2. The summed E-state index contributed by atoms with van der Waals surface area (Å²) in [5.74, 6) is 8.91. The Morgan fingerprint density at radius 1 is 0.270 bits per heavy atom. The first-order valence-corrected chi connectivity index (χ1v) is 35.5. The fourth-order valence-corrected chi connectivity index (χ4v) is 11.2. The van der Waals surface area contributed by atoms with E-state index in [-0.39, 0.29) is 12.2 Å². The van der Waals surface area contributed by atoms with Crippen molar-refractivity contribution in [1.29, 1.82) is 0 Å². The van der Waals surface area contributed by atoms with Crippen molar-refractivity contribution in [3.05, 3.63) is 190 Å². The molecule has 0 saturated carbocycles. The first kappa shape index (κ1) is 77.7. The summed E-state index contributed by atoms with van der Waals surface area (Å²) in [4.78, 5) is 0. The van der Waals surface area contributed by atoms with Crippen molar-refractivity contribution in [2.75, 3.05) is 70.1 Å². The molecule has 0 fully saturated rings. The standard InChI is InChI=1S/C48H62O6.C40H46O6/c1-9-13-15-35(11-3)33-53-47-43(49-5)29-39(30-44(47)50-6)19-17-37-21-25-41(26-22-37)42-27-23-38(24-28-42)18-20-40-31-45(51-7)48(46(32-40)52-8)54-34-36(12-4)16-14-10-2;1-9-27(3)45-39-35(41-5)23-31(24-36(39)42-6)13-11-29-15-19-33(20-16-29)34-21-17-30(18-22-34)12-14-32-25-37(43-7)40(38(26-32)44-8)46-28(4)10-2/h17-32,35-36H,9-16,33-34H2,1-8H3;11-28H,9-10H2,1-8H3/b19-17+,20-18+;13-11+,14-12+. The Hall–Kier alpha value is -9.68. The van der Waals surface area contributed by atoms with Crippen LogP contribution in [0.4, 0.5) is 0 Å². The SMILES string of the molecule is CCC(C)Oc1c(OC)cc(/C=C/c2ccc(-c3ccc(/C=C/c4cc(OC)c(OC(C)CC)c(OC)c4)cc3)cc2)cc1OC.CCCCC(CC)COc1c(OC)cc(/C=C/c2ccc(-c3ccc(/C=C/c4cc(OC)c(OCC(CC)CCCC)c(OC)c4)cc3)cc2)cc1OC. The maximum Gasteiger partial charge on any atom is 0.203 e. The molecule has 12 nitrogen and oxygen atoms in total. The van der Waals surface area contributed by atoms with Gasteiger partial charge in [0.05, 0.1) is 82.3 Å². The summed E-state index contributed by atoms with van der Waals surface area (Å²) in [6.45, 7) is 18.4. The Morgan fingerprint density at radius 2 is 0.480 bits per heavy atom. The average Bonchev–Trinajstić information content (AvgIpc) is 0.846. The van der Waals surface area contributed by atoms with Gasteiger partial charge < -0.3 is 56.8 Å². The smallest absolute Gasteiger partial charge is 0.203 e. The molecule has 0 bridgehead atoms. The summed E-state index contributed by atoms with van der Waals surface area (Å²) in [6, 6.07) is 50.0. The highest BCUT2D eigenvalue weighted by atomic mass is 16.6. The van der Waals surface area contributed by atoms with Gasteiger partial charge >= 0.3 is 0 Å². The lowest BCUT2D eigenvalue weighted by Crippen LogP contribution is -2.12. The van der Waals surface area contributed by atoms with Crippen molar-refractivity contribution in [3.8, 4) is 91.2 Å². The minimum absolute atomic E-state index is 0.0581. The number of benzene rings is 8. The van der Waals surface area contributed by atoms with Gasteiger partial charge in [-0.1, -0.05) is 226 Å². The van der Waals surface area contributed by atoms with Gasteiger partial charge in [-0.25, -0.2) is 0 Å². The van der Waals surface area contributed by atoms with E-state index in [9.17, 15) is 0 Å². The molecule has 0 aliphatic carbocycles. The van der Waals surface area contributed by atoms with Crippen molar-refractivity contribution in [3.63, 3.8) is 0 Å². The van der Waals surface area contributed by atoms with Crippen LogP contribution in [0, 0.1) is 11.8 Å². The third-order valence-corrected chi connectivity index (χ3v) is 17.9. The molecule has 0 heterocycles. The Morgan fingerprint density at radius 3 is 0.670 bits per heavy atom. The fraction of sp³-hybridized carbons (Fsp3) is 0.364. The predicted octanol–water partition coefficient (Wildman–Crippen LogP) is 23.0. The quantitative estimate of drug-likeness (QED) is 0.0344. The van der Waals surface area contributed by atoms with Gasteiger partial charge in [-0.05, 0) is 167 Å². The van der Waals surface area contributed by atoms with Gasteiger partial charge in [0.15, 0.2) is 46.0 Å². The second-order valence-corrected chi connectivity index (χ2v) is 25.0. The Balaban J connectivity index is 0.000000284. The predicted molar refractivity (Wildman–Crippen MR) is 416 cm³/mol. The zero-order valence-corrected chi connectivity index (χ0v) is 62.2. The van der Waals surface area contributed by atoms with Crippen molar-refractivity contribution in [2.24, 2.45) is 11.8 Å². The average molecular weight is 1360 g/mol. The van der Waals surface area contributed by atoms with Crippen molar-refractivity contribution in [2.45, 2.75) is 132 Å². The molecule has 0 spiro atoms. The van der Waals surface area contributed by atoms with E-state index in [0.717, 1.165) is 105 Å². The zero-order valence-electron chi connectivity index (χ0n) is 62.2. The zero-order chi connectivity index (χ0) is 71.8. The van der Waals surface area contributed by atoms with Crippen molar-refractivity contribution < 1.29 is 56.8 Å². The highest BCUT2D eigenvalue weighted by Crippen LogP contribution is 2.44. The Bertz CT molecular complexity index is 3530. The molecule has 8 rings (SSSR count). The van der Waals surface area contributed by atoms with Gasteiger partial charge in [0.1, 0.15) is 0 Å². The van der Waals surface area contributed by atoms with Crippen molar-refractivity contribution >= 4 is 48.6 Å². The molecule has 100 heavy (non-hydrogen) atoms. The number of unbranched alkanes of at least 4 members (excludes halogenated alkanes) is 2. The highest BCUT2D eigenvalue weighted by Gasteiger charge is 2.21. The molecule has 0 radical (unpaired) electrons. The molecular formula is C88H108O12. The third kappa shape index (κ3) is 22.7. The minimum Gasteiger partial charge on any atom is -0.493 e. The molecule has 0 amide bonds. The van der Waals surface area contributed by atoms with E-state index in [2.05, 4.69) is 175 Å². The number of ether oxygens (including phenoxy) is 12. The maximum atomic E-state index is 6.27. The molecule has 8 aromatic carbocycles. The first-order valence-electron chi connectivity index (χ1n) is 35.5. The van der Waals surface area contributed by atoms with Crippen LogP contribution in [0.15, 0.2) is 146 Å². The maximum absolute atomic E-state index is 6.27. The second kappa shape index (κ2) is 41.0. The molecule has 532 valence electrons. The molecule has 0 aliphatic heterocycles. The van der Waals surface area contributed by atoms with E-state index >= 15 is 0 Å². The molecule has 0 aliphatic rings. The summed E-state index contributed by atoms with van der Waals surface area (Å²) < 4.78 is 70.1. The monoisotopic (exact) mass is 1360 g/mol. The normalized spacial score (nSPS) is 12.6. The number of hydrogen-bond donors (Lipinski definition) is 0. The van der Waals surface area contributed by atoms with E-state index in [0.29, 0.717) is 94.0 Å². The van der Waals surface area contributed by atoms with Gasteiger partial charge in [-0.15, -0.1) is 0 Å². The Kier molecular flexibility index (Phi) is 31.9. The van der Waals surface area contributed by atoms with E-state index in [1.54, 1.807) is 56.9 Å². The van der Waals surface area contributed by atoms with Crippen molar-refractivity contribution in [1.82, 2.24) is 0 Å². The third-order valence-electron chi connectivity index (χ3n) is 17.9. The first-order chi connectivity index (χ1) is 48.7. The van der Waals surface area contributed by atoms with E-state index in [1.807, 2.05) is 74.5 Å². The molecule has 0 aromatic heterocycles. The highest BCUT2D eigenvalue weighted by molar-refractivity contribution is 5.79. The molecule has 8 aromatic rings. The van der Waals surface area contributed by atoms with Crippen LogP contribution in [-0.2, 0) is 0 Å². The van der Waals surface area contributed by atoms with Crippen LogP contribution in [0.2, 0.25) is 0 Å². The van der Waals surface area contributed by atoms with Crippen LogP contribution in [0.5, 0.6) is 69.0 Å². The van der Waals surface area contributed by atoms with Gasteiger partial charge in [0.2, 0.25) is 23.0 Å². The van der Waals surface area contributed by atoms with Gasteiger partial charge in [0.25, 0.3) is 0 Å². The lowest BCUT2D eigenvalue weighted by molar-refractivity contribution is 0.198. The molecule has 4 unspecified atom stereocenters. The second-order valence-electron chi connectivity index (χ2n) is 25.0. The number of hydrogen-bond acceptors (Lipinski definition) is 12. The van der Waals surface area contributed by atoms with Crippen LogP contribution in [0.3, 0.4) is 0 Å². The van der Waals surface area contributed by atoms with Crippen LogP contribution in [0.25, 0.3) is 70.9 Å². The molecule has 12 heteroatoms. The summed E-state index contributed by atoms with van der Waals surface area (Å²) in [7, 11) is 13.3. The molecular weight excluding hydrogens is 1250 g/mol. The Labute approximate surface area is 597 Å². The molecule has 0 N–H and O–H groups in total. The van der Waals surface area contributed by atoms with Gasteiger partial charge in [-0.3, -0.25) is 0 Å². The number of methoxy groups -OCH3 is 8.